The number of aliphatic hydroxyl groups is 1. The molecule has 0 rings (SSSR count). The Hall–Kier alpha value is -0.120. The van der Waals surface area contributed by atoms with E-state index in [1.54, 1.807) is 0 Å². The molecule has 0 bridgehead atoms. The molecule has 0 amide bonds. The Labute approximate surface area is 56.7 Å². The first-order valence-electron chi connectivity index (χ1n) is 3.31. The quantitative estimate of drug-likeness (QED) is 0.390. The molecular formula is C6H16N2O. The summed E-state index contributed by atoms with van der Waals surface area (Å²) in [6, 6.07) is 0. The van der Waals surface area contributed by atoms with Crippen molar-refractivity contribution in [3.05, 3.63) is 0 Å². The Morgan fingerprint density at radius 1 is 1.56 bits per heavy atom. The van der Waals surface area contributed by atoms with Crippen LogP contribution in [0.2, 0.25) is 0 Å². The van der Waals surface area contributed by atoms with E-state index in [1.807, 2.05) is 7.05 Å². The van der Waals surface area contributed by atoms with E-state index in [4.69, 9.17) is 5.11 Å². The molecule has 0 aromatic carbocycles. The van der Waals surface area contributed by atoms with E-state index in [9.17, 15) is 0 Å². The van der Waals surface area contributed by atoms with Gasteiger partial charge < -0.3 is 10.4 Å². The molecule has 0 saturated carbocycles. The van der Waals surface area contributed by atoms with E-state index in [1.165, 1.54) is 0 Å². The second-order valence-corrected chi connectivity index (χ2v) is 2.05. The van der Waals surface area contributed by atoms with Gasteiger partial charge >= 0.3 is 0 Å². The van der Waals surface area contributed by atoms with Crippen molar-refractivity contribution in [2.24, 2.45) is 0 Å². The van der Waals surface area contributed by atoms with Gasteiger partial charge in [-0.25, -0.2) is 0 Å². The lowest BCUT2D eigenvalue weighted by molar-refractivity contribution is 0.264. The first-order chi connectivity index (χ1) is 4.31. The largest absolute Gasteiger partial charge is 0.395 e. The molecule has 0 spiro atoms. The molecule has 0 aliphatic carbocycles. The van der Waals surface area contributed by atoms with Gasteiger partial charge in [0.25, 0.3) is 0 Å². The van der Waals surface area contributed by atoms with E-state index >= 15 is 0 Å². The van der Waals surface area contributed by atoms with Crippen molar-refractivity contribution in [3.8, 4) is 0 Å². The predicted octanol–water partition coefficient (Wildman–Crippen LogP) is -0.522. The number of nitrogens with one attached hydrogen (secondary N) is 1. The normalized spacial score (nSPS) is 10.7. The fourth-order valence-electron chi connectivity index (χ4n) is 0.461. The first-order valence-corrected chi connectivity index (χ1v) is 3.31. The Balaban J connectivity index is 2.88. The van der Waals surface area contributed by atoms with E-state index in [0.29, 0.717) is 6.54 Å². The molecular weight excluding hydrogens is 116 g/mol. The zero-order valence-electron chi connectivity index (χ0n) is 6.22. The van der Waals surface area contributed by atoms with Gasteiger partial charge in [-0.1, -0.05) is 6.92 Å². The third-order valence-electron chi connectivity index (χ3n) is 1.21. The van der Waals surface area contributed by atoms with Crippen LogP contribution in [0.15, 0.2) is 0 Å². The molecule has 56 valence electrons. The average molecular weight is 132 g/mol. The fourth-order valence-corrected chi connectivity index (χ4v) is 0.461. The van der Waals surface area contributed by atoms with Gasteiger partial charge in [-0.05, 0) is 13.6 Å². The summed E-state index contributed by atoms with van der Waals surface area (Å²) in [5.74, 6) is 0. The van der Waals surface area contributed by atoms with Gasteiger partial charge in [-0.15, -0.1) is 0 Å². The molecule has 0 aromatic rings. The highest BCUT2D eigenvalue weighted by molar-refractivity contribution is 4.44. The van der Waals surface area contributed by atoms with Crippen molar-refractivity contribution in [1.29, 1.82) is 0 Å². The van der Waals surface area contributed by atoms with Crippen molar-refractivity contribution in [3.63, 3.8) is 0 Å². The zero-order valence-corrected chi connectivity index (χ0v) is 6.22. The van der Waals surface area contributed by atoms with Crippen LogP contribution in [0.4, 0.5) is 0 Å². The molecule has 0 aromatic heterocycles. The lowest BCUT2D eigenvalue weighted by Gasteiger charge is -2.13. The molecule has 9 heavy (non-hydrogen) atoms. The molecule has 0 atom stereocenters. The Bertz CT molecular complexity index is 59.0. The molecule has 3 nitrogen and oxygen atoms in total. The maximum atomic E-state index is 8.37. The average Bonchev–Trinajstić information content (AvgIpc) is 1.89. The molecule has 0 saturated heterocycles. The summed E-state index contributed by atoms with van der Waals surface area (Å²) < 4.78 is 0. The topological polar surface area (TPSA) is 35.5 Å². The van der Waals surface area contributed by atoms with Gasteiger partial charge in [-0.3, -0.25) is 4.90 Å². The lowest BCUT2D eigenvalue weighted by atomic mass is 10.6. The lowest BCUT2D eigenvalue weighted by Crippen LogP contribution is -2.32. The SMILES string of the molecule is CCN(C)CNCCO. The summed E-state index contributed by atoms with van der Waals surface area (Å²) in [6.45, 7) is 4.90. The molecule has 0 heterocycles. The Morgan fingerprint density at radius 3 is 2.67 bits per heavy atom. The summed E-state index contributed by atoms with van der Waals surface area (Å²) >= 11 is 0. The van der Waals surface area contributed by atoms with Crippen LogP contribution in [0.1, 0.15) is 6.92 Å². The van der Waals surface area contributed by atoms with E-state index in [-0.39, 0.29) is 6.61 Å². The van der Waals surface area contributed by atoms with Gasteiger partial charge in [0.05, 0.1) is 6.61 Å². The van der Waals surface area contributed by atoms with Crippen molar-refractivity contribution in [1.82, 2.24) is 10.2 Å². The second kappa shape index (κ2) is 6.01. The summed E-state index contributed by atoms with van der Waals surface area (Å²) in [6.07, 6.45) is 0. The van der Waals surface area contributed by atoms with Crippen LogP contribution in [-0.2, 0) is 0 Å². The van der Waals surface area contributed by atoms with Gasteiger partial charge in [0, 0.05) is 13.2 Å². The van der Waals surface area contributed by atoms with Crippen LogP contribution >= 0.6 is 0 Å². The van der Waals surface area contributed by atoms with E-state index in [2.05, 4.69) is 17.1 Å². The molecule has 0 unspecified atom stereocenters. The van der Waals surface area contributed by atoms with Crippen LogP contribution < -0.4 is 5.32 Å². The monoisotopic (exact) mass is 132 g/mol. The number of aliphatic hydroxyl groups excluding tert-OH is 1. The third kappa shape index (κ3) is 5.76. The number of hydrogen-bond acceptors (Lipinski definition) is 3. The third-order valence-corrected chi connectivity index (χ3v) is 1.21. The van der Waals surface area contributed by atoms with Crippen LogP contribution in [0, 0.1) is 0 Å². The van der Waals surface area contributed by atoms with Gasteiger partial charge in [0.1, 0.15) is 0 Å². The van der Waals surface area contributed by atoms with Crippen molar-refractivity contribution >= 4 is 0 Å². The number of rotatable bonds is 5. The van der Waals surface area contributed by atoms with Crippen LogP contribution in [0.3, 0.4) is 0 Å². The van der Waals surface area contributed by atoms with Crippen LogP contribution in [-0.4, -0.2) is 43.4 Å². The predicted molar refractivity (Wildman–Crippen MR) is 38.3 cm³/mol. The molecule has 3 heteroatoms. The number of nitrogens with zero attached hydrogens (tertiary/aromatic N) is 1. The van der Waals surface area contributed by atoms with E-state index < -0.39 is 0 Å². The van der Waals surface area contributed by atoms with E-state index in [0.717, 1.165) is 13.2 Å². The summed E-state index contributed by atoms with van der Waals surface area (Å²) in [5.41, 5.74) is 0. The minimum absolute atomic E-state index is 0.220. The summed E-state index contributed by atoms with van der Waals surface area (Å²) in [5, 5.41) is 11.4. The summed E-state index contributed by atoms with van der Waals surface area (Å²) in [4.78, 5) is 2.13. The molecule has 2 N–H and O–H groups in total. The highest BCUT2D eigenvalue weighted by Gasteiger charge is 1.89. The smallest absolute Gasteiger partial charge is 0.0556 e. The second-order valence-electron chi connectivity index (χ2n) is 2.05. The fraction of sp³-hybridized carbons (Fsp3) is 1.00. The highest BCUT2D eigenvalue weighted by Crippen LogP contribution is 1.73. The first kappa shape index (κ1) is 8.88. The molecule has 0 aliphatic rings. The summed E-state index contributed by atoms with van der Waals surface area (Å²) in [7, 11) is 2.03. The zero-order chi connectivity index (χ0) is 7.11. The molecule has 0 aliphatic heterocycles. The van der Waals surface area contributed by atoms with Crippen molar-refractivity contribution in [2.45, 2.75) is 6.92 Å². The molecule has 0 radical (unpaired) electrons. The highest BCUT2D eigenvalue weighted by atomic mass is 16.3. The van der Waals surface area contributed by atoms with Gasteiger partial charge in [0.2, 0.25) is 0 Å². The van der Waals surface area contributed by atoms with Crippen molar-refractivity contribution in [2.75, 3.05) is 33.4 Å². The van der Waals surface area contributed by atoms with Gasteiger partial charge in [-0.2, -0.15) is 0 Å². The van der Waals surface area contributed by atoms with Crippen LogP contribution in [0.5, 0.6) is 0 Å². The Kier molecular flexibility index (Phi) is 5.93. The minimum Gasteiger partial charge on any atom is -0.395 e. The minimum atomic E-state index is 0.220. The van der Waals surface area contributed by atoms with Gasteiger partial charge in [0.15, 0.2) is 0 Å². The van der Waals surface area contributed by atoms with Crippen molar-refractivity contribution < 1.29 is 5.11 Å². The maximum absolute atomic E-state index is 8.37. The maximum Gasteiger partial charge on any atom is 0.0556 e. The molecule has 0 fully saturated rings. The number of hydrogen-bond donors (Lipinski definition) is 2. The van der Waals surface area contributed by atoms with Crippen LogP contribution in [0.25, 0.3) is 0 Å². The Morgan fingerprint density at radius 2 is 2.22 bits per heavy atom. The standard InChI is InChI=1S/C6H16N2O/c1-3-8(2)6-7-4-5-9/h7,9H,3-6H2,1-2H3.